The van der Waals surface area contributed by atoms with Crippen molar-refractivity contribution in [2.45, 2.75) is 88.2 Å². The first-order chi connectivity index (χ1) is 17.9. The SMILES string of the molecule is CCCCOC(=O)N1CCC2(CCCN2Cc2ccc(C(F)(F)F)nc2CC(=O)NS(=O)(=O)C2CC2)CC1. The molecule has 0 atom stereocenters. The summed E-state index contributed by atoms with van der Waals surface area (Å²) in [6.45, 7) is 4.48. The monoisotopic (exact) mass is 560 g/mol. The molecule has 38 heavy (non-hydrogen) atoms. The molecule has 1 saturated carbocycles. The van der Waals surface area contributed by atoms with E-state index in [1.807, 2.05) is 11.6 Å². The predicted molar refractivity (Wildman–Crippen MR) is 132 cm³/mol. The highest BCUT2D eigenvalue weighted by atomic mass is 32.2. The minimum absolute atomic E-state index is 0.0812. The fourth-order valence-electron chi connectivity index (χ4n) is 5.31. The van der Waals surface area contributed by atoms with Gasteiger partial charge in [-0.2, -0.15) is 13.2 Å². The average molecular weight is 561 g/mol. The highest BCUT2D eigenvalue weighted by molar-refractivity contribution is 7.90. The van der Waals surface area contributed by atoms with Gasteiger partial charge in [-0.1, -0.05) is 19.4 Å². The van der Waals surface area contributed by atoms with Gasteiger partial charge in [0, 0.05) is 25.2 Å². The Balaban J connectivity index is 1.47. The summed E-state index contributed by atoms with van der Waals surface area (Å²) in [6.07, 6.45) is 0.301. The molecule has 0 aromatic carbocycles. The molecule has 1 aromatic rings. The summed E-state index contributed by atoms with van der Waals surface area (Å²) in [5.41, 5.74) is -0.959. The number of piperidine rings is 1. The number of nitrogens with zero attached hydrogens (tertiary/aromatic N) is 3. The summed E-state index contributed by atoms with van der Waals surface area (Å²) in [4.78, 5) is 32.5. The Kier molecular flexibility index (Phi) is 8.55. The van der Waals surface area contributed by atoms with Gasteiger partial charge in [0.2, 0.25) is 15.9 Å². The average Bonchev–Trinajstić information content (AvgIpc) is 3.65. The van der Waals surface area contributed by atoms with Crippen LogP contribution in [0.5, 0.6) is 0 Å². The van der Waals surface area contributed by atoms with E-state index in [1.165, 1.54) is 6.07 Å². The van der Waals surface area contributed by atoms with Gasteiger partial charge in [0.25, 0.3) is 0 Å². The van der Waals surface area contributed by atoms with E-state index >= 15 is 0 Å². The number of alkyl halides is 3. The van der Waals surface area contributed by atoms with E-state index in [1.54, 1.807) is 4.90 Å². The number of rotatable bonds is 9. The molecule has 212 valence electrons. The van der Waals surface area contributed by atoms with E-state index in [0.717, 1.165) is 38.3 Å². The van der Waals surface area contributed by atoms with Crippen molar-refractivity contribution < 1.29 is 35.9 Å². The number of ether oxygens (including phenoxy) is 1. The molecule has 3 aliphatic rings. The number of hydrogen-bond donors (Lipinski definition) is 1. The number of amides is 2. The smallest absolute Gasteiger partial charge is 0.433 e. The lowest BCUT2D eigenvalue weighted by Crippen LogP contribution is -2.53. The van der Waals surface area contributed by atoms with Crippen LogP contribution >= 0.6 is 0 Å². The van der Waals surface area contributed by atoms with Crippen molar-refractivity contribution in [3.05, 3.63) is 29.1 Å². The standard InChI is InChI=1S/C25H35F3N4O5S/c1-2-3-15-37-23(34)31-13-10-24(11-14-31)9-4-12-32(24)17-18-5-8-21(25(26,27)28)29-20(18)16-22(33)30-38(35,36)19-6-7-19/h5,8,19H,2-4,6-7,9-17H2,1H3,(H,30,33). The number of carbonyl (C=O) groups is 2. The molecule has 3 fully saturated rings. The van der Waals surface area contributed by atoms with Crippen LogP contribution in [0, 0.1) is 0 Å². The van der Waals surface area contributed by atoms with Gasteiger partial charge in [-0.05, 0) is 63.1 Å². The van der Waals surface area contributed by atoms with E-state index < -0.39 is 39.5 Å². The quantitative estimate of drug-likeness (QED) is 0.460. The third-order valence-corrected chi connectivity index (χ3v) is 9.55. The van der Waals surface area contributed by atoms with Gasteiger partial charge in [0.15, 0.2) is 0 Å². The van der Waals surface area contributed by atoms with Gasteiger partial charge in [-0.25, -0.2) is 18.2 Å². The second-order valence-corrected chi connectivity index (χ2v) is 12.4. The maximum Gasteiger partial charge on any atom is 0.433 e. The van der Waals surface area contributed by atoms with Crippen LogP contribution < -0.4 is 4.72 Å². The molecule has 13 heteroatoms. The Labute approximate surface area is 221 Å². The number of hydrogen-bond acceptors (Lipinski definition) is 7. The number of pyridine rings is 1. The van der Waals surface area contributed by atoms with Crippen molar-refractivity contribution in [2.24, 2.45) is 0 Å². The molecule has 0 radical (unpaired) electrons. The molecule has 3 heterocycles. The fraction of sp³-hybridized carbons (Fsp3) is 0.720. The zero-order valence-corrected chi connectivity index (χ0v) is 22.4. The van der Waals surface area contributed by atoms with Crippen LogP contribution in [0.4, 0.5) is 18.0 Å². The van der Waals surface area contributed by atoms with E-state index in [4.69, 9.17) is 4.74 Å². The van der Waals surface area contributed by atoms with E-state index in [-0.39, 0.29) is 23.9 Å². The van der Waals surface area contributed by atoms with Crippen molar-refractivity contribution in [3.63, 3.8) is 0 Å². The summed E-state index contributed by atoms with van der Waals surface area (Å²) in [6, 6.07) is 2.23. The largest absolute Gasteiger partial charge is 0.449 e. The third kappa shape index (κ3) is 6.77. The first kappa shape index (κ1) is 28.6. The zero-order valence-electron chi connectivity index (χ0n) is 21.6. The number of halogens is 3. The molecule has 0 bridgehead atoms. The van der Waals surface area contributed by atoms with Crippen molar-refractivity contribution in [2.75, 3.05) is 26.2 Å². The molecule has 1 aliphatic carbocycles. The highest BCUT2D eigenvalue weighted by Crippen LogP contribution is 2.40. The number of carbonyl (C=O) groups excluding carboxylic acids is 2. The van der Waals surface area contributed by atoms with Crippen molar-refractivity contribution >= 4 is 22.0 Å². The summed E-state index contributed by atoms with van der Waals surface area (Å²) >= 11 is 0. The minimum Gasteiger partial charge on any atom is -0.449 e. The van der Waals surface area contributed by atoms with Gasteiger partial charge < -0.3 is 9.64 Å². The molecule has 2 saturated heterocycles. The Bertz CT molecular complexity index is 1130. The molecular formula is C25H35F3N4O5S. The normalized spacial score (nSPS) is 20.1. The molecular weight excluding hydrogens is 525 g/mol. The van der Waals surface area contributed by atoms with Crippen molar-refractivity contribution in [3.8, 4) is 0 Å². The van der Waals surface area contributed by atoms with Crippen LogP contribution in [0.15, 0.2) is 12.1 Å². The lowest BCUT2D eigenvalue weighted by molar-refractivity contribution is -0.141. The van der Waals surface area contributed by atoms with Gasteiger partial charge >= 0.3 is 12.3 Å². The summed E-state index contributed by atoms with van der Waals surface area (Å²) < 4.78 is 71.8. The summed E-state index contributed by atoms with van der Waals surface area (Å²) in [5.74, 6) is -0.893. The summed E-state index contributed by atoms with van der Waals surface area (Å²) in [5, 5.41) is -0.625. The molecule has 2 aliphatic heterocycles. The van der Waals surface area contributed by atoms with Crippen LogP contribution in [0.2, 0.25) is 0 Å². The Morgan fingerprint density at radius 2 is 1.87 bits per heavy atom. The highest BCUT2D eigenvalue weighted by Gasteiger charge is 2.44. The lowest BCUT2D eigenvalue weighted by Gasteiger charge is -2.45. The first-order valence-electron chi connectivity index (χ1n) is 13.2. The number of sulfonamides is 1. The van der Waals surface area contributed by atoms with Gasteiger partial charge in [-0.3, -0.25) is 14.4 Å². The van der Waals surface area contributed by atoms with E-state index in [9.17, 15) is 31.2 Å². The van der Waals surface area contributed by atoms with Gasteiger partial charge in [0.1, 0.15) is 5.69 Å². The van der Waals surface area contributed by atoms with E-state index in [2.05, 4.69) is 9.88 Å². The molecule has 4 rings (SSSR count). The van der Waals surface area contributed by atoms with Crippen LogP contribution in [0.1, 0.15) is 75.2 Å². The molecule has 2 amide bonds. The molecule has 1 N–H and O–H groups in total. The minimum atomic E-state index is -4.70. The van der Waals surface area contributed by atoms with Crippen LogP contribution in [-0.2, 0) is 38.7 Å². The fourth-order valence-corrected chi connectivity index (χ4v) is 6.62. The summed E-state index contributed by atoms with van der Waals surface area (Å²) in [7, 11) is -3.82. The van der Waals surface area contributed by atoms with Crippen LogP contribution in [0.3, 0.4) is 0 Å². The number of nitrogens with one attached hydrogen (secondary N) is 1. The number of aromatic nitrogens is 1. The zero-order chi connectivity index (χ0) is 27.6. The lowest BCUT2D eigenvalue weighted by atomic mass is 9.84. The topological polar surface area (TPSA) is 109 Å². The second kappa shape index (κ2) is 11.4. The van der Waals surface area contributed by atoms with Gasteiger partial charge in [-0.15, -0.1) is 0 Å². The molecule has 9 nitrogen and oxygen atoms in total. The van der Waals surface area contributed by atoms with Crippen molar-refractivity contribution in [1.82, 2.24) is 19.5 Å². The van der Waals surface area contributed by atoms with Crippen LogP contribution in [0.25, 0.3) is 0 Å². The molecule has 1 aromatic heterocycles. The Morgan fingerprint density at radius 1 is 1.16 bits per heavy atom. The molecule has 0 unspecified atom stereocenters. The maximum absolute atomic E-state index is 13.4. The first-order valence-corrected chi connectivity index (χ1v) is 14.8. The molecule has 1 spiro atoms. The maximum atomic E-state index is 13.4. The predicted octanol–water partition coefficient (Wildman–Crippen LogP) is 3.62. The van der Waals surface area contributed by atoms with Crippen molar-refractivity contribution in [1.29, 1.82) is 0 Å². The Hall–Kier alpha value is -2.41. The second-order valence-electron chi connectivity index (χ2n) is 10.5. The van der Waals surface area contributed by atoms with Crippen LogP contribution in [-0.4, -0.2) is 72.2 Å². The van der Waals surface area contributed by atoms with E-state index in [0.29, 0.717) is 50.9 Å². The third-order valence-electron chi connectivity index (χ3n) is 7.68. The van der Waals surface area contributed by atoms with Gasteiger partial charge in [0.05, 0.1) is 24.0 Å². The Morgan fingerprint density at radius 3 is 2.50 bits per heavy atom. The number of unbranched alkanes of at least 4 members (excludes halogenated alkanes) is 1. The number of likely N-dealkylation sites (tertiary alicyclic amines) is 2.